The summed E-state index contributed by atoms with van der Waals surface area (Å²) in [5.41, 5.74) is 0. The predicted octanol–water partition coefficient (Wildman–Crippen LogP) is 1.61. The van der Waals surface area contributed by atoms with E-state index in [1.807, 2.05) is 5.32 Å². The maximum atomic E-state index is 11.7. The van der Waals surface area contributed by atoms with Crippen LogP contribution in [0.4, 0.5) is 4.79 Å². The highest BCUT2D eigenvalue weighted by Crippen LogP contribution is 2.17. The van der Waals surface area contributed by atoms with Crippen LogP contribution >= 0.6 is 15.9 Å². The number of esters is 1. The minimum Gasteiger partial charge on any atom is -0.479 e. The van der Waals surface area contributed by atoms with Crippen LogP contribution in [0.25, 0.3) is 0 Å². The van der Waals surface area contributed by atoms with Gasteiger partial charge in [0.15, 0.2) is 12.7 Å². The van der Waals surface area contributed by atoms with Crippen molar-refractivity contribution in [3.05, 3.63) is 28.7 Å². The van der Waals surface area contributed by atoms with Gasteiger partial charge < -0.3 is 14.8 Å². The SMILES string of the molecule is CCNC(=O)NC(=O)COC(=O)[C@@H](C)Oc1ccc(Br)cc1. The summed E-state index contributed by atoms with van der Waals surface area (Å²) in [6.07, 6.45) is -0.876. The molecule has 1 aromatic carbocycles. The van der Waals surface area contributed by atoms with E-state index in [4.69, 9.17) is 9.47 Å². The smallest absolute Gasteiger partial charge is 0.347 e. The summed E-state index contributed by atoms with van der Waals surface area (Å²) >= 11 is 3.29. The molecule has 7 nitrogen and oxygen atoms in total. The third-order valence-electron chi connectivity index (χ3n) is 2.39. The maximum Gasteiger partial charge on any atom is 0.347 e. The Kier molecular flexibility index (Phi) is 7.38. The molecule has 0 spiro atoms. The molecular weight excluding hydrogens is 356 g/mol. The number of benzene rings is 1. The van der Waals surface area contributed by atoms with Crippen molar-refractivity contribution >= 4 is 33.8 Å². The molecule has 0 bridgehead atoms. The fourth-order valence-electron chi connectivity index (χ4n) is 1.39. The molecule has 0 aliphatic carbocycles. The van der Waals surface area contributed by atoms with Gasteiger partial charge in [-0.05, 0) is 38.1 Å². The van der Waals surface area contributed by atoms with E-state index in [0.29, 0.717) is 12.3 Å². The molecule has 8 heteroatoms. The molecule has 1 aromatic rings. The zero-order valence-electron chi connectivity index (χ0n) is 12.2. The molecule has 1 rings (SSSR count). The van der Waals surface area contributed by atoms with E-state index in [1.54, 1.807) is 31.2 Å². The molecule has 0 radical (unpaired) electrons. The van der Waals surface area contributed by atoms with E-state index < -0.39 is 30.6 Å². The Morgan fingerprint density at radius 1 is 1.23 bits per heavy atom. The monoisotopic (exact) mass is 372 g/mol. The van der Waals surface area contributed by atoms with Crippen molar-refractivity contribution in [2.75, 3.05) is 13.2 Å². The van der Waals surface area contributed by atoms with Gasteiger partial charge in [0, 0.05) is 11.0 Å². The summed E-state index contributed by atoms with van der Waals surface area (Å²) < 4.78 is 11.0. The molecule has 2 N–H and O–H groups in total. The summed E-state index contributed by atoms with van der Waals surface area (Å²) in [6.45, 7) is 3.05. The van der Waals surface area contributed by atoms with Crippen molar-refractivity contribution in [3.8, 4) is 5.75 Å². The number of carbonyl (C=O) groups excluding carboxylic acids is 3. The molecule has 3 amide bonds. The number of imide groups is 1. The minimum atomic E-state index is -0.876. The van der Waals surface area contributed by atoms with Crippen LogP contribution in [0.1, 0.15) is 13.8 Å². The number of urea groups is 1. The molecule has 0 saturated heterocycles. The van der Waals surface area contributed by atoms with Crippen LogP contribution in [0.3, 0.4) is 0 Å². The standard InChI is InChI=1S/C14H17BrN2O5/c1-3-16-14(20)17-12(18)8-21-13(19)9(2)22-11-6-4-10(15)5-7-11/h4-7,9H,3,8H2,1-2H3,(H2,16,17,18,20)/t9-/m1/s1. The van der Waals surface area contributed by atoms with Gasteiger partial charge in [0.25, 0.3) is 5.91 Å². The Bertz CT molecular complexity index is 533. The van der Waals surface area contributed by atoms with E-state index in [2.05, 4.69) is 21.2 Å². The van der Waals surface area contributed by atoms with Crippen LogP contribution in [0.5, 0.6) is 5.75 Å². The molecule has 0 heterocycles. The average molecular weight is 373 g/mol. The van der Waals surface area contributed by atoms with Gasteiger partial charge >= 0.3 is 12.0 Å². The molecule has 120 valence electrons. The van der Waals surface area contributed by atoms with Gasteiger partial charge in [-0.15, -0.1) is 0 Å². The maximum absolute atomic E-state index is 11.7. The molecule has 0 aliphatic heterocycles. The van der Waals surface area contributed by atoms with Crippen molar-refractivity contribution in [3.63, 3.8) is 0 Å². The summed E-state index contributed by atoms with van der Waals surface area (Å²) in [7, 11) is 0. The molecule has 1 atom stereocenters. The van der Waals surface area contributed by atoms with Crippen molar-refractivity contribution in [2.24, 2.45) is 0 Å². The zero-order valence-corrected chi connectivity index (χ0v) is 13.8. The first-order valence-corrected chi connectivity index (χ1v) is 7.38. The molecular formula is C14H17BrN2O5. The first-order chi connectivity index (χ1) is 10.4. The molecule has 0 fully saturated rings. The van der Waals surface area contributed by atoms with Crippen LogP contribution in [-0.2, 0) is 14.3 Å². The van der Waals surface area contributed by atoms with Crippen molar-refractivity contribution in [1.29, 1.82) is 0 Å². The lowest BCUT2D eigenvalue weighted by atomic mass is 10.3. The number of rotatable bonds is 6. The highest BCUT2D eigenvalue weighted by molar-refractivity contribution is 9.10. The van der Waals surface area contributed by atoms with Crippen LogP contribution in [0, 0.1) is 0 Å². The van der Waals surface area contributed by atoms with Gasteiger partial charge in [-0.3, -0.25) is 10.1 Å². The van der Waals surface area contributed by atoms with Gasteiger partial charge in [-0.2, -0.15) is 0 Å². The molecule has 0 aliphatic rings. The predicted molar refractivity (Wildman–Crippen MR) is 82.4 cm³/mol. The minimum absolute atomic E-state index is 0.386. The quantitative estimate of drug-likeness (QED) is 0.739. The number of hydrogen-bond acceptors (Lipinski definition) is 5. The van der Waals surface area contributed by atoms with Gasteiger partial charge in [0.1, 0.15) is 5.75 Å². The molecule has 22 heavy (non-hydrogen) atoms. The van der Waals surface area contributed by atoms with Crippen LogP contribution < -0.4 is 15.4 Å². The summed E-state index contributed by atoms with van der Waals surface area (Å²) in [6, 6.07) is 6.29. The Balaban J connectivity index is 2.36. The first-order valence-electron chi connectivity index (χ1n) is 6.59. The highest BCUT2D eigenvalue weighted by Gasteiger charge is 2.18. The Hall–Kier alpha value is -2.09. The van der Waals surface area contributed by atoms with Crippen LogP contribution in [-0.4, -0.2) is 37.2 Å². The summed E-state index contributed by atoms with van der Waals surface area (Å²) in [4.78, 5) is 34.1. The average Bonchev–Trinajstić information content (AvgIpc) is 2.47. The van der Waals surface area contributed by atoms with Gasteiger partial charge in [-0.25, -0.2) is 9.59 Å². The Morgan fingerprint density at radius 2 is 1.86 bits per heavy atom. The lowest BCUT2D eigenvalue weighted by Crippen LogP contribution is -2.41. The number of halogens is 1. The van der Waals surface area contributed by atoms with Crippen molar-refractivity contribution < 1.29 is 23.9 Å². The fraction of sp³-hybridized carbons (Fsp3) is 0.357. The zero-order chi connectivity index (χ0) is 16.5. The number of carbonyl (C=O) groups is 3. The molecule has 0 aromatic heterocycles. The third-order valence-corrected chi connectivity index (χ3v) is 2.92. The second kappa shape index (κ2) is 9.04. The second-order valence-corrected chi connectivity index (χ2v) is 5.15. The lowest BCUT2D eigenvalue weighted by Gasteiger charge is -2.13. The third kappa shape index (κ3) is 6.57. The first kappa shape index (κ1) is 18.0. The topological polar surface area (TPSA) is 93.7 Å². The summed E-state index contributed by atoms with van der Waals surface area (Å²) in [5, 5.41) is 4.40. The lowest BCUT2D eigenvalue weighted by molar-refractivity contribution is -0.154. The van der Waals surface area contributed by atoms with E-state index >= 15 is 0 Å². The van der Waals surface area contributed by atoms with E-state index in [-0.39, 0.29) is 0 Å². The summed E-state index contributed by atoms with van der Waals surface area (Å²) in [5.74, 6) is -0.913. The second-order valence-electron chi connectivity index (χ2n) is 4.23. The number of nitrogens with one attached hydrogen (secondary N) is 2. The Morgan fingerprint density at radius 3 is 2.45 bits per heavy atom. The number of ether oxygens (including phenoxy) is 2. The van der Waals surface area contributed by atoms with Gasteiger partial charge in [-0.1, -0.05) is 15.9 Å². The molecule has 0 unspecified atom stereocenters. The number of hydrogen-bond donors (Lipinski definition) is 2. The van der Waals surface area contributed by atoms with Crippen LogP contribution in [0.2, 0.25) is 0 Å². The largest absolute Gasteiger partial charge is 0.479 e. The highest BCUT2D eigenvalue weighted by atomic mass is 79.9. The van der Waals surface area contributed by atoms with Gasteiger partial charge in [0.05, 0.1) is 0 Å². The van der Waals surface area contributed by atoms with E-state index in [9.17, 15) is 14.4 Å². The normalized spacial score (nSPS) is 11.2. The van der Waals surface area contributed by atoms with Crippen molar-refractivity contribution in [2.45, 2.75) is 20.0 Å². The van der Waals surface area contributed by atoms with Crippen molar-refractivity contribution in [1.82, 2.24) is 10.6 Å². The number of amides is 3. The van der Waals surface area contributed by atoms with Gasteiger partial charge in [0.2, 0.25) is 0 Å². The fourth-order valence-corrected chi connectivity index (χ4v) is 1.65. The van der Waals surface area contributed by atoms with Crippen LogP contribution in [0.15, 0.2) is 28.7 Å². The van der Waals surface area contributed by atoms with E-state index in [1.165, 1.54) is 6.92 Å². The van der Waals surface area contributed by atoms with E-state index in [0.717, 1.165) is 4.47 Å². The Labute approximate surface area is 136 Å². The molecule has 0 saturated carbocycles.